The van der Waals surface area contributed by atoms with E-state index >= 15 is 0 Å². The summed E-state index contributed by atoms with van der Waals surface area (Å²) in [5, 5.41) is 15.6. The second-order valence-corrected chi connectivity index (χ2v) is 5.74. The van der Waals surface area contributed by atoms with Crippen LogP contribution >= 0.6 is 0 Å². The molecule has 1 saturated carbocycles. The molecule has 1 aromatic heterocycles. The van der Waals surface area contributed by atoms with Crippen LogP contribution in [0.4, 0.5) is 0 Å². The summed E-state index contributed by atoms with van der Waals surface area (Å²) < 4.78 is 0. The molecule has 0 bridgehead atoms. The van der Waals surface area contributed by atoms with Crippen molar-refractivity contribution >= 4 is 10.9 Å². The zero-order chi connectivity index (χ0) is 14.0. The molecule has 3 nitrogen and oxygen atoms in total. The fourth-order valence-corrected chi connectivity index (χ4v) is 3.34. The maximum atomic E-state index is 11.1. The highest BCUT2D eigenvalue weighted by molar-refractivity contribution is 5.82. The summed E-state index contributed by atoms with van der Waals surface area (Å²) >= 11 is 0. The standard InChI is InChI=1S/C17H22N2O/c1-2-18-14-8-10-17(20,11-9-14)15-7-3-5-13-6-4-12-19-16(13)15/h3-7,12,14,18,20H,2,8-11H2,1H3. The highest BCUT2D eigenvalue weighted by Crippen LogP contribution is 2.39. The largest absolute Gasteiger partial charge is 0.385 e. The predicted molar refractivity (Wildman–Crippen MR) is 81.6 cm³/mol. The zero-order valence-corrected chi connectivity index (χ0v) is 12.0. The first-order chi connectivity index (χ1) is 9.73. The van der Waals surface area contributed by atoms with Crippen LogP contribution in [-0.4, -0.2) is 22.7 Å². The minimum absolute atomic E-state index is 0.545. The van der Waals surface area contributed by atoms with E-state index in [4.69, 9.17) is 0 Å². The van der Waals surface area contributed by atoms with E-state index in [1.807, 2.05) is 18.2 Å². The van der Waals surface area contributed by atoms with Crippen LogP contribution in [0.25, 0.3) is 10.9 Å². The quantitative estimate of drug-likeness (QED) is 0.901. The van der Waals surface area contributed by atoms with Crippen molar-refractivity contribution in [2.45, 2.75) is 44.2 Å². The van der Waals surface area contributed by atoms with Gasteiger partial charge in [0.2, 0.25) is 0 Å². The van der Waals surface area contributed by atoms with E-state index in [-0.39, 0.29) is 0 Å². The molecule has 0 spiro atoms. The van der Waals surface area contributed by atoms with Gasteiger partial charge in [-0.3, -0.25) is 4.98 Å². The first-order valence-electron chi connectivity index (χ1n) is 7.53. The molecule has 1 heterocycles. The lowest BCUT2D eigenvalue weighted by Gasteiger charge is -2.37. The number of pyridine rings is 1. The monoisotopic (exact) mass is 270 g/mol. The molecule has 1 fully saturated rings. The van der Waals surface area contributed by atoms with Gasteiger partial charge < -0.3 is 10.4 Å². The Balaban J connectivity index is 1.91. The molecule has 3 heteroatoms. The average Bonchev–Trinajstić information content (AvgIpc) is 2.49. The minimum Gasteiger partial charge on any atom is -0.385 e. The molecule has 1 aliphatic rings. The number of aliphatic hydroxyl groups is 1. The van der Waals surface area contributed by atoms with Crippen LogP contribution < -0.4 is 5.32 Å². The smallest absolute Gasteiger partial charge is 0.0918 e. The Labute approximate surface area is 120 Å². The predicted octanol–water partition coefficient (Wildman–Crippen LogP) is 2.97. The van der Waals surface area contributed by atoms with Crippen LogP contribution in [0.5, 0.6) is 0 Å². The van der Waals surface area contributed by atoms with Gasteiger partial charge in [0.1, 0.15) is 0 Å². The number of rotatable bonds is 3. The van der Waals surface area contributed by atoms with Gasteiger partial charge in [-0.2, -0.15) is 0 Å². The van der Waals surface area contributed by atoms with Crippen LogP contribution in [-0.2, 0) is 5.60 Å². The van der Waals surface area contributed by atoms with Gasteiger partial charge in [0, 0.05) is 23.2 Å². The lowest BCUT2D eigenvalue weighted by molar-refractivity contribution is -0.00696. The van der Waals surface area contributed by atoms with Crippen LogP contribution in [0.2, 0.25) is 0 Å². The Morgan fingerprint density at radius 1 is 1.25 bits per heavy atom. The minimum atomic E-state index is -0.722. The topological polar surface area (TPSA) is 45.1 Å². The normalized spacial score (nSPS) is 26.8. The maximum absolute atomic E-state index is 11.1. The molecule has 0 aliphatic heterocycles. The molecule has 2 aromatic rings. The Morgan fingerprint density at radius 2 is 2.00 bits per heavy atom. The fraction of sp³-hybridized carbons (Fsp3) is 0.471. The van der Waals surface area contributed by atoms with Crippen molar-refractivity contribution in [1.29, 1.82) is 0 Å². The highest BCUT2D eigenvalue weighted by Gasteiger charge is 2.35. The molecule has 0 atom stereocenters. The number of benzene rings is 1. The summed E-state index contributed by atoms with van der Waals surface area (Å²) in [4.78, 5) is 4.48. The van der Waals surface area contributed by atoms with Crippen molar-refractivity contribution in [3.05, 3.63) is 42.1 Å². The van der Waals surface area contributed by atoms with E-state index in [9.17, 15) is 5.11 Å². The van der Waals surface area contributed by atoms with Crippen molar-refractivity contribution < 1.29 is 5.11 Å². The van der Waals surface area contributed by atoms with Gasteiger partial charge in [-0.1, -0.05) is 31.2 Å². The molecule has 1 aliphatic carbocycles. The average molecular weight is 270 g/mol. The van der Waals surface area contributed by atoms with Crippen molar-refractivity contribution in [2.75, 3.05) is 6.54 Å². The van der Waals surface area contributed by atoms with Gasteiger partial charge in [-0.05, 0) is 38.3 Å². The third-order valence-electron chi connectivity index (χ3n) is 4.44. The molecule has 20 heavy (non-hydrogen) atoms. The van der Waals surface area contributed by atoms with Gasteiger partial charge in [0.25, 0.3) is 0 Å². The number of nitrogens with zero attached hydrogens (tertiary/aromatic N) is 1. The lowest BCUT2D eigenvalue weighted by atomic mass is 9.77. The zero-order valence-electron chi connectivity index (χ0n) is 12.0. The Morgan fingerprint density at radius 3 is 2.75 bits per heavy atom. The van der Waals surface area contributed by atoms with E-state index in [0.29, 0.717) is 6.04 Å². The molecule has 0 amide bonds. The van der Waals surface area contributed by atoms with Gasteiger partial charge in [-0.15, -0.1) is 0 Å². The molecule has 106 valence electrons. The summed E-state index contributed by atoms with van der Waals surface area (Å²) in [5.41, 5.74) is 1.21. The third-order valence-corrected chi connectivity index (χ3v) is 4.44. The van der Waals surface area contributed by atoms with Gasteiger partial charge in [0.05, 0.1) is 11.1 Å². The van der Waals surface area contributed by atoms with E-state index in [1.54, 1.807) is 6.20 Å². The van der Waals surface area contributed by atoms with Crippen molar-refractivity contribution in [1.82, 2.24) is 10.3 Å². The Kier molecular flexibility index (Phi) is 3.72. The summed E-state index contributed by atoms with van der Waals surface area (Å²) in [6, 6.07) is 10.6. The van der Waals surface area contributed by atoms with Gasteiger partial charge in [-0.25, -0.2) is 0 Å². The molecule has 2 N–H and O–H groups in total. The van der Waals surface area contributed by atoms with Crippen molar-refractivity contribution in [3.63, 3.8) is 0 Å². The van der Waals surface area contributed by atoms with Crippen LogP contribution in [0.1, 0.15) is 38.2 Å². The van der Waals surface area contributed by atoms with Crippen molar-refractivity contribution in [2.24, 2.45) is 0 Å². The Hall–Kier alpha value is -1.45. The maximum Gasteiger partial charge on any atom is 0.0918 e. The molecular formula is C17H22N2O. The number of hydrogen-bond acceptors (Lipinski definition) is 3. The number of aromatic nitrogens is 1. The number of hydrogen-bond donors (Lipinski definition) is 2. The number of para-hydroxylation sites is 1. The highest BCUT2D eigenvalue weighted by atomic mass is 16.3. The first-order valence-corrected chi connectivity index (χ1v) is 7.53. The summed E-state index contributed by atoms with van der Waals surface area (Å²) in [7, 11) is 0. The summed E-state index contributed by atoms with van der Waals surface area (Å²) in [6.45, 7) is 3.13. The number of fused-ring (bicyclic) bond motifs is 1. The van der Waals surface area contributed by atoms with E-state index in [0.717, 1.165) is 48.7 Å². The summed E-state index contributed by atoms with van der Waals surface area (Å²) in [5.74, 6) is 0. The van der Waals surface area contributed by atoms with Crippen LogP contribution in [0, 0.1) is 0 Å². The molecular weight excluding hydrogens is 248 g/mol. The summed E-state index contributed by atoms with van der Waals surface area (Å²) in [6.07, 6.45) is 5.46. The molecule has 1 aromatic carbocycles. The molecule has 3 rings (SSSR count). The fourth-order valence-electron chi connectivity index (χ4n) is 3.34. The SMILES string of the molecule is CCNC1CCC(O)(c2cccc3cccnc23)CC1. The van der Waals surface area contributed by atoms with E-state index in [2.05, 4.69) is 29.4 Å². The molecule has 0 radical (unpaired) electrons. The van der Waals surface area contributed by atoms with Crippen LogP contribution in [0.15, 0.2) is 36.5 Å². The third kappa shape index (κ3) is 2.43. The second kappa shape index (κ2) is 5.51. The molecule has 0 saturated heterocycles. The van der Waals surface area contributed by atoms with Gasteiger partial charge in [0.15, 0.2) is 0 Å². The second-order valence-electron chi connectivity index (χ2n) is 5.74. The lowest BCUT2D eigenvalue weighted by Crippen LogP contribution is -2.39. The Bertz CT molecular complexity index is 583. The van der Waals surface area contributed by atoms with E-state index < -0.39 is 5.60 Å². The van der Waals surface area contributed by atoms with Crippen LogP contribution in [0.3, 0.4) is 0 Å². The first kappa shape index (κ1) is 13.5. The number of nitrogens with one attached hydrogen (secondary N) is 1. The van der Waals surface area contributed by atoms with Crippen molar-refractivity contribution in [3.8, 4) is 0 Å². The van der Waals surface area contributed by atoms with E-state index in [1.165, 1.54) is 0 Å². The van der Waals surface area contributed by atoms with Gasteiger partial charge >= 0.3 is 0 Å². The molecule has 0 unspecified atom stereocenters.